The summed E-state index contributed by atoms with van der Waals surface area (Å²) in [5.41, 5.74) is 0.637. The molecule has 1 aliphatic heterocycles. The normalized spacial score (nSPS) is 22.9. The van der Waals surface area contributed by atoms with Crippen molar-refractivity contribution < 1.29 is 14.2 Å². The van der Waals surface area contributed by atoms with E-state index in [1.54, 1.807) is 6.07 Å². The van der Waals surface area contributed by atoms with E-state index in [4.69, 9.17) is 27.9 Å². The van der Waals surface area contributed by atoms with Crippen LogP contribution in [-0.2, 0) is 0 Å². The predicted octanol–water partition coefficient (Wildman–Crippen LogP) is 4.51. The zero-order chi connectivity index (χ0) is 20.1. The second kappa shape index (κ2) is 7.16. The largest absolute Gasteiger partial charge is 0.504 e. The van der Waals surface area contributed by atoms with Gasteiger partial charge in [-0.2, -0.15) is 0 Å². The van der Waals surface area contributed by atoms with Gasteiger partial charge in [0.1, 0.15) is 18.2 Å². The van der Waals surface area contributed by atoms with Crippen molar-refractivity contribution in [1.82, 2.24) is 15.3 Å². The summed E-state index contributed by atoms with van der Waals surface area (Å²) >= 11 is 11.8. The van der Waals surface area contributed by atoms with Crippen LogP contribution in [0.15, 0.2) is 30.6 Å². The van der Waals surface area contributed by atoms with Crippen molar-refractivity contribution in [3.05, 3.63) is 46.5 Å². The van der Waals surface area contributed by atoms with Crippen LogP contribution in [-0.4, -0.2) is 34.3 Å². The van der Waals surface area contributed by atoms with E-state index in [1.807, 2.05) is 0 Å². The number of halogens is 3. The highest BCUT2D eigenvalue weighted by molar-refractivity contribution is 6.42. The van der Waals surface area contributed by atoms with E-state index in [2.05, 4.69) is 20.6 Å². The number of benzene rings is 2. The molecule has 3 aromatic rings. The van der Waals surface area contributed by atoms with Crippen LogP contribution in [0.3, 0.4) is 0 Å². The van der Waals surface area contributed by atoms with Crippen molar-refractivity contribution in [3.8, 4) is 11.5 Å². The molecule has 2 aliphatic rings. The molecule has 1 saturated carbocycles. The maximum absolute atomic E-state index is 14.5. The number of hydrogen-bond donors (Lipinski definition) is 3. The molecular formula is C20H17Cl2FN4O2. The van der Waals surface area contributed by atoms with Gasteiger partial charge >= 0.3 is 0 Å². The van der Waals surface area contributed by atoms with E-state index < -0.39 is 5.82 Å². The average molecular weight is 435 g/mol. The summed E-state index contributed by atoms with van der Waals surface area (Å²) in [5, 5.41) is 17.3. The Balaban J connectivity index is 1.50. The third-order valence-corrected chi connectivity index (χ3v) is 6.40. The van der Waals surface area contributed by atoms with E-state index in [1.165, 1.54) is 24.5 Å². The minimum Gasteiger partial charge on any atom is -0.504 e. The summed E-state index contributed by atoms with van der Waals surface area (Å²) in [7, 11) is 0. The van der Waals surface area contributed by atoms with Gasteiger partial charge in [-0.1, -0.05) is 23.2 Å². The summed E-state index contributed by atoms with van der Waals surface area (Å²) in [5.74, 6) is 0.966. The van der Waals surface area contributed by atoms with Crippen LogP contribution in [0.25, 0.3) is 10.9 Å². The summed E-state index contributed by atoms with van der Waals surface area (Å²) < 4.78 is 20.6. The van der Waals surface area contributed by atoms with E-state index in [9.17, 15) is 9.50 Å². The molecule has 1 aliphatic carbocycles. The molecule has 0 radical (unpaired) electrons. The highest BCUT2D eigenvalue weighted by Gasteiger charge is 2.45. The van der Waals surface area contributed by atoms with Crippen LogP contribution in [0.2, 0.25) is 10.0 Å². The van der Waals surface area contributed by atoms with E-state index in [0.29, 0.717) is 34.3 Å². The summed E-state index contributed by atoms with van der Waals surface area (Å²) in [6, 6.07) is 6.19. The topological polar surface area (TPSA) is 79.3 Å². The van der Waals surface area contributed by atoms with Crippen LogP contribution in [0.5, 0.6) is 11.5 Å². The molecule has 150 valence electrons. The van der Waals surface area contributed by atoms with Crippen molar-refractivity contribution in [1.29, 1.82) is 0 Å². The monoisotopic (exact) mass is 434 g/mol. The highest BCUT2D eigenvalue weighted by atomic mass is 35.5. The number of fused-ring (bicyclic) bond motifs is 3. The number of anilines is 2. The van der Waals surface area contributed by atoms with Crippen molar-refractivity contribution in [2.75, 3.05) is 18.4 Å². The SMILES string of the molecule is Oc1cc2ncnc(Nc3ccc(Cl)c(Cl)c3F)c2cc1OC1[C@@H]2CNC[C@H]1C2. The van der Waals surface area contributed by atoms with Gasteiger partial charge in [0.25, 0.3) is 0 Å². The Labute approximate surface area is 176 Å². The third kappa shape index (κ3) is 3.23. The Morgan fingerprint density at radius 3 is 2.72 bits per heavy atom. The molecule has 6 nitrogen and oxygen atoms in total. The smallest absolute Gasteiger partial charge is 0.166 e. The Kier molecular flexibility index (Phi) is 4.61. The number of aromatic nitrogens is 2. The lowest BCUT2D eigenvalue weighted by Gasteiger charge is -2.49. The lowest BCUT2D eigenvalue weighted by Crippen LogP contribution is -2.59. The van der Waals surface area contributed by atoms with Crippen molar-refractivity contribution in [3.63, 3.8) is 0 Å². The highest BCUT2D eigenvalue weighted by Crippen LogP contribution is 2.43. The molecule has 1 saturated heterocycles. The minimum absolute atomic E-state index is 0.0146. The molecule has 2 heterocycles. The van der Waals surface area contributed by atoms with E-state index in [0.717, 1.165) is 19.5 Å². The fourth-order valence-electron chi connectivity index (χ4n) is 4.05. The number of phenols is 1. The first-order chi connectivity index (χ1) is 14.0. The molecule has 9 heteroatoms. The standard InChI is InChI=1S/C20H17Cl2FN4O2/c21-12-1-2-13(18(23)17(12)22)27-20-11-4-16(15(28)5-14(11)25-8-26-20)29-19-9-3-10(19)7-24-6-9/h1-2,4-5,8-10,19,24,28H,3,6-7H2,(H,25,26,27)/t9-,10+,19?. The summed E-state index contributed by atoms with van der Waals surface area (Å²) in [6.07, 6.45) is 2.55. The molecule has 2 fully saturated rings. The van der Waals surface area contributed by atoms with Gasteiger partial charge in [-0.05, 0) is 24.6 Å². The van der Waals surface area contributed by atoms with E-state index >= 15 is 0 Å². The lowest BCUT2D eigenvalue weighted by molar-refractivity contribution is -0.0455. The molecule has 3 N–H and O–H groups in total. The van der Waals surface area contributed by atoms with Gasteiger partial charge in [-0.3, -0.25) is 0 Å². The fourth-order valence-corrected chi connectivity index (χ4v) is 4.37. The maximum atomic E-state index is 14.5. The molecule has 2 bridgehead atoms. The first-order valence-electron chi connectivity index (χ1n) is 9.27. The minimum atomic E-state index is -0.670. The Hall–Kier alpha value is -2.35. The molecule has 2 aromatic carbocycles. The lowest BCUT2D eigenvalue weighted by atomic mass is 9.69. The molecule has 29 heavy (non-hydrogen) atoms. The van der Waals surface area contributed by atoms with Gasteiger partial charge in [-0.15, -0.1) is 0 Å². The second-order valence-electron chi connectivity index (χ2n) is 7.40. The average Bonchev–Trinajstić information content (AvgIpc) is 2.73. The zero-order valence-electron chi connectivity index (χ0n) is 15.1. The Bertz CT molecular complexity index is 1100. The Morgan fingerprint density at radius 1 is 1.17 bits per heavy atom. The van der Waals surface area contributed by atoms with Crippen LogP contribution >= 0.6 is 23.2 Å². The Morgan fingerprint density at radius 2 is 1.97 bits per heavy atom. The van der Waals surface area contributed by atoms with Gasteiger partial charge in [0.05, 0.1) is 21.2 Å². The summed E-state index contributed by atoms with van der Waals surface area (Å²) in [4.78, 5) is 8.42. The first kappa shape index (κ1) is 18.7. The molecular weight excluding hydrogens is 418 g/mol. The molecule has 3 atom stereocenters. The number of nitrogens with one attached hydrogen (secondary N) is 2. The first-order valence-corrected chi connectivity index (χ1v) is 10.0. The summed E-state index contributed by atoms with van der Waals surface area (Å²) in [6.45, 7) is 1.84. The van der Waals surface area contributed by atoms with Gasteiger partial charge in [0.15, 0.2) is 17.3 Å². The predicted molar refractivity (Wildman–Crippen MR) is 110 cm³/mol. The molecule has 5 rings (SSSR count). The third-order valence-electron chi connectivity index (χ3n) is 5.62. The van der Waals surface area contributed by atoms with Crippen LogP contribution in [0.4, 0.5) is 15.9 Å². The number of piperidine rings is 2. The number of phenolic OH excluding ortho intramolecular Hbond substituents is 1. The van der Waals surface area contributed by atoms with Crippen molar-refractivity contribution >= 4 is 45.6 Å². The van der Waals surface area contributed by atoms with Gasteiger partial charge in [0.2, 0.25) is 0 Å². The maximum Gasteiger partial charge on any atom is 0.166 e. The van der Waals surface area contributed by atoms with E-state index in [-0.39, 0.29) is 27.6 Å². The molecule has 1 unspecified atom stereocenters. The molecule has 0 amide bonds. The number of aromatic hydroxyl groups is 1. The number of nitrogens with zero attached hydrogens (tertiary/aromatic N) is 2. The van der Waals surface area contributed by atoms with Crippen LogP contribution in [0, 0.1) is 17.7 Å². The fraction of sp³-hybridized carbons (Fsp3) is 0.300. The number of hydrogen-bond acceptors (Lipinski definition) is 6. The van der Waals surface area contributed by atoms with Gasteiger partial charge < -0.3 is 20.5 Å². The van der Waals surface area contributed by atoms with Crippen molar-refractivity contribution in [2.24, 2.45) is 11.8 Å². The van der Waals surface area contributed by atoms with Crippen molar-refractivity contribution in [2.45, 2.75) is 12.5 Å². The number of ether oxygens (including phenoxy) is 1. The van der Waals surface area contributed by atoms with Crippen LogP contribution in [0.1, 0.15) is 6.42 Å². The molecule has 1 aromatic heterocycles. The van der Waals surface area contributed by atoms with Crippen LogP contribution < -0.4 is 15.4 Å². The quantitative estimate of drug-likeness (QED) is 0.524. The number of rotatable bonds is 4. The zero-order valence-corrected chi connectivity index (χ0v) is 16.6. The second-order valence-corrected chi connectivity index (χ2v) is 8.19. The van der Waals surface area contributed by atoms with Gasteiger partial charge in [0, 0.05) is 36.4 Å². The van der Waals surface area contributed by atoms with Gasteiger partial charge in [-0.25, -0.2) is 14.4 Å². The molecule has 0 spiro atoms.